The van der Waals surface area contributed by atoms with E-state index in [0.717, 1.165) is 17.5 Å². The van der Waals surface area contributed by atoms with Gasteiger partial charge in [-0.2, -0.15) is 0 Å². The third kappa shape index (κ3) is 5.63. The largest absolute Gasteiger partial charge is 0.507 e. The predicted molar refractivity (Wildman–Crippen MR) is 128 cm³/mol. The number of ketones is 1. The van der Waals surface area contributed by atoms with Gasteiger partial charge >= 0.3 is 0 Å². The van der Waals surface area contributed by atoms with Crippen LogP contribution in [0.25, 0.3) is 5.76 Å². The fraction of sp³-hybridized carbons (Fsp3) is 0.407. The van der Waals surface area contributed by atoms with Gasteiger partial charge in [0, 0.05) is 18.7 Å². The first kappa shape index (κ1) is 24.5. The lowest BCUT2D eigenvalue weighted by Gasteiger charge is -2.26. The Morgan fingerprint density at radius 3 is 2.39 bits per heavy atom. The summed E-state index contributed by atoms with van der Waals surface area (Å²) in [4.78, 5) is 27.7. The van der Waals surface area contributed by atoms with Crippen molar-refractivity contribution >= 4 is 17.4 Å². The quantitative estimate of drug-likeness (QED) is 0.238. The lowest BCUT2D eigenvalue weighted by Crippen LogP contribution is -2.31. The normalized spacial score (nSPS) is 17.7. The fourth-order valence-corrected chi connectivity index (χ4v) is 3.97. The number of nitrogens with zero attached hydrogens (tertiary/aromatic N) is 1. The summed E-state index contributed by atoms with van der Waals surface area (Å²) in [5.41, 5.74) is 2.35. The van der Waals surface area contributed by atoms with Gasteiger partial charge in [-0.1, -0.05) is 31.2 Å². The van der Waals surface area contributed by atoms with Crippen molar-refractivity contribution in [2.75, 3.05) is 19.8 Å². The molecule has 176 valence electrons. The molecule has 1 aliphatic heterocycles. The van der Waals surface area contributed by atoms with Crippen LogP contribution >= 0.6 is 0 Å². The molecule has 6 nitrogen and oxygen atoms in total. The summed E-state index contributed by atoms with van der Waals surface area (Å²) in [6, 6.07) is 13.9. The Labute approximate surface area is 195 Å². The summed E-state index contributed by atoms with van der Waals surface area (Å²) in [5.74, 6) is -0.756. The van der Waals surface area contributed by atoms with Crippen molar-refractivity contribution in [3.8, 4) is 5.75 Å². The minimum atomic E-state index is -0.670. The van der Waals surface area contributed by atoms with Crippen molar-refractivity contribution in [3.63, 3.8) is 0 Å². The van der Waals surface area contributed by atoms with Crippen LogP contribution in [0.5, 0.6) is 5.75 Å². The van der Waals surface area contributed by atoms with Gasteiger partial charge in [0.1, 0.15) is 11.5 Å². The van der Waals surface area contributed by atoms with Crippen molar-refractivity contribution < 1.29 is 24.2 Å². The van der Waals surface area contributed by atoms with Gasteiger partial charge in [-0.25, -0.2) is 0 Å². The molecule has 0 bridgehead atoms. The molecule has 33 heavy (non-hydrogen) atoms. The van der Waals surface area contributed by atoms with Crippen LogP contribution in [-0.4, -0.2) is 47.6 Å². The molecule has 0 aromatic heterocycles. The van der Waals surface area contributed by atoms with E-state index in [2.05, 4.69) is 0 Å². The Kier molecular flexibility index (Phi) is 8.28. The van der Waals surface area contributed by atoms with E-state index in [1.165, 1.54) is 0 Å². The summed E-state index contributed by atoms with van der Waals surface area (Å²) in [6.45, 7) is 9.33. The Hall–Kier alpha value is -3.12. The molecule has 1 N–H and O–H groups in total. The van der Waals surface area contributed by atoms with E-state index in [4.69, 9.17) is 9.47 Å². The maximum atomic E-state index is 13.1. The topological polar surface area (TPSA) is 76.1 Å². The van der Waals surface area contributed by atoms with Crippen LogP contribution in [0.1, 0.15) is 56.3 Å². The highest BCUT2D eigenvalue weighted by molar-refractivity contribution is 6.46. The molecule has 1 fully saturated rings. The molecule has 1 atom stereocenters. The summed E-state index contributed by atoms with van der Waals surface area (Å²) < 4.78 is 11.2. The third-order valence-electron chi connectivity index (χ3n) is 5.62. The lowest BCUT2D eigenvalue weighted by molar-refractivity contribution is -0.140. The van der Waals surface area contributed by atoms with Crippen molar-refractivity contribution in [3.05, 3.63) is 70.8 Å². The highest BCUT2D eigenvalue weighted by atomic mass is 16.5. The number of likely N-dealkylation sites (tertiary alicyclic amines) is 1. The van der Waals surface area contributed by atoms with Gasteiger partial charge in [-0.15, -0.1) is 0 Å². The lowest BCUT2D eigenvalue weighted by atomic mass is 9.92. The van der Waals surface area contributed by atoms with Crippen LogP contribution in [0, 0.1) is 6.92 Å². The van der Waals surface area contributed by atoms with Crippen LogP contribution in [0.15, 0.2) is 54.1 Å². The summed E-state index contributed by atoms with van der Waals surface area (Å²) in [7, 11) is 0. The van der Waals surface area contributed by atoms with E-state index in [9.17, 15) is 14.7 Å². The zero-order valence-corrected chi connectivity index (χ0v) is 19.8. The van der Waals surface area contributed by atoms with Crippen molar-refractivity contribution in [1.82, 2.24) is 4.90 Å². The zero-order chi connectivity index (χ0) is 24.0. The first-order valence-electron chi connectivity index (χ1n) is 11.5. The Balaban J connectivity index is 1.99. The minimum Gasteiger partial charge on any atom is -0.507 e. The molecule has 2 aromatic carbocycles. The van der Waals surface area contributed by atoms with Crippen LogP contribution in [-0.2, 0) is 14.3 Å². The van der Waals surface area contributed by atoms with Crippen molar-refractivity contribution in [2.45, 2.75) is 52.7 Å². The minimum absolute atomic E-state index is 0.0943. The van der Waals surface area contributed by atoms with Gasteiger partial charge in [0.05, 0.1) is 24.3 Å². The molecule has 2 aromatic rings. The number of aliphatic hydroxyl groups excluding tert-OH is 1. The molecule has 1 heterocycles. The number of carbonyl (C=O) groups excluding carboxylic acids is 2. The predicted octanol–water partition coefficient (Wildman–Crippen LogP) is 5.02. The van der Waals surface area contributed by atoms with Gasteiger partial charge in [0.15, 0.2) is 0 Å². The molecule has 1 saturated heterocycles. The molecule has 1 unspecified atom stereocenters. The van der Waals surface area contributed by atoms with Gasteiger partial charge in [-0.3, -0.25) is 9.59 Å². The number of ether oxygens (including phenoxy) is 2. The first-order valence-corrected chi connectivity index (χ1v) is 11.5. The van der Waals surface area contributed by atoms with Gasteiger partial charge in [0.2, 0.25) is 0 Å². The summed E-state index contributed by atoms with van der Waals surface area (Å²) in [5, 5.41) is 11.2. The second kappa shape index (κ2) is 11.1. The average Bonchev–Trinajstić information content (AvgIpc) is 3.05. The molecule has 0 saturated carbocycles. The monoisotopic (exact) mass is 451 g/mol. The summed E-state index contributed by atoms with van der Waals surface area (Å²) >= 11 is 0. The second-order valence-corrected chi connectivity index (χ2v) is 8.50. The zero-order valence-electron chi connectivity index (χ0n) is 19.8. The number of amides is 1. The van der Waals surface area contributed by atoms with Gasteiger partial charge < -0.3 is 19.5 Å². The van der Waals surface area contributed by atoms with E-state index >= 15 is 0 Å². The highest BCUT2D eigenvalue weighted by Crippen LogP contribution is 2.40. The van der Waals surface area contributed by atoms with Gasteiger partial charge in [0.25, 0.3) is 11.7 Å². The van der Waals surface area contributed by atoms with Crippen LogP contribution in [0.3, 0.4) is 0 Å². The third-order valence-corrected chi connectivity index (χ3v) is 5.62. The van der Waals surface area contributed by atoms with E-state index in [1.54, 1.807) is 29.2 Å². The van der Waals surface area contributed by atoms with E-state index in [0.29, 0.717) is 37.5 Å². The van der Waals surface area contributed by atoms with Crippen LogP contribution < -0.4 is 4.74 Å². The second-order valence-electron chi connectivity index (χ2n) is 8.50. The molecule has 0 spiro atoms. The molecule has 6 heteroatoms. The maximum Gasteiger partial charge on any atom is 0.295 e. The number of hydrogen-bond donors (Lipinski definition) is 1. The van der Waals surface area contributed by atoms with Gasteiger partial charge in [-0.05, 0) is 69.0 Å². The van der Waals surface area contributed by atoms with E-state index in [1.807, 2.05) is 52.0 Å². The Bertz CT molecular complexity index is 1010. The number of rotatable bonds is 10. The molecule has 1 amide bonds. The summed E-state index contributed by atoms with van der Waals surface area (Å²) in [6.07, 6.45) is 1.58. The number of carbonyl (C=O) groups is 2. The highest BCUT2D eigenvalue weighted by Gasteiger charge is 2.46. The van der Waals surface area contributed by atoms with E-state index in [-0.39, 0.29) is 17.4 Å². The number of aryl methyl sites for hydroxylation is 1. The molecular formula is C27H33NO5. The number of Topliss-reactive ketones (excluding diaryl/α,β-unsaturated/α-hetero) is 1. The number of benzene rings is 2. The van der Waals surface area contributed by atoms with Crippen molar-refractivity contribution in [1.29, 1.82) is 0 Å². The van der Waals surface area contributed by atoms with Crippen molar-refractivity contribution in [2.24, 2.45) is 0 Å². The molecule has 0 radical (unpaired) electrons. The number of hydrogen-bond acceptors (Lipinski definition) is 5. The SMILES string of the molecule is CCCOc1ccc(/C(O)=C2/C(=O)C(=O)N(CCCOC(C)C)C2c2ccccc2C)cc1. The standard InChI is InChI=1S/C27H33NO5/c1-5-16-33-21-13-11-20(12-14-21)25(29)23-24(22-10-7-6-9-19(22)4)28(27(31)26(23)30)15-8-17-32-18(2)3/h6-7,9-14,18,24,29H,5,8,15-17H2,1-4H3/b25-23-. The Morgan fingerprint density at radius 2 is 1.76 bits per heavy atom. The molecule has 1 aliphatic rings. The molecular weight excluding hydrogens is 418 g/mol. The van der Waals surface area contributed by atoms with Crippen LogP contribution in [0.4, 0.5) is 0 Å². The first-order chi connectivity index (χ1) is 15.8. The smallest absolute Gasteiger partial charge is 0.295 e. The average molecular weight is 452 g/mol. The Morgan fingerprint density at radius 1 is 1.06 bits per heavy atom. The fourth-order valence-electron chi connectivity index (χ4n) is 3.97. The van der Waals surface area contributed by atoms with E-state index < -0.39 is 17.7 Å². The number of aliphatic hydroxyl groups is 1. The maximum absolute atomic E-state index is 13.1. The molecule has 3 rings (SSSR count). The van der Waals surface area contributed by atoms with Crippen LogP contribution in [0.2, 0.25) is 0 Å². The molecule has 0 aliphatic carbocycles.